The summed E-state index contributed by atoms with van der Waals surface area (Å²) >= 11 is 0. The molecule has 112 valence electrons. The topological polar surface area (TPSA) is 26.3 Å². The predicted molar refractivity (Wildman–Crippen MR) is 85.0 cm³/mol. The molecule has 0 aliphatic carbocycles. The van der Waals surface area contributed by atoms with Crippen LogP contribution < -0.4 is 0 Å². The van der Waals surface area contributed by atoms with Crippen molar-refractivity contribution in [3.63, 3.8) is 0 Å². The Labute approximate surface area is 120 Å². The maximum atomic E-state index is 12.5. The Balaban J connectivity index is 4.94. The molecule has 0 amide bonds. The molecule has 0 aromatic rings. The summed E-state index contributed by atoms with van der Waals surface area (Å²) < 4.78 is 5.77. The number of rotatable bonds is 5. The van der Waals surface area contributed by atoms with E-state index < -0.39 is 0 Å². The molecule has 1 unspecified atom stereocenters. The molecular formula is C16H33BO2. The lowest BCUT2D eigenvalue weighted by atomic mass is 9.70. The first-order chi connectivity index (χ1) is 8.28. The van der Waals surface area contributed by atoms with E-state index >= 15 is 0 Å². The molecule has 0 saturated carbocycles. The number of ether oxygens (including phenoxy) is 1. The van der Waals surface area contributed by atoms with Crippen LogP contribution in [0.2, 0.25) is 13.1 Å². The van der Waals surface area contributed by atoms with Gasteiger partial charge in [-0.05, 0) is 37.4 Å². The van der Waals surface area contributed by atoms with E-state index in [1.165, 1.54) is 0 Å². The van der Waals surface area contributed by atoms with E-state index in [4.69, 9.17) is 4.74 Å². The van der Waals surface area contributed by atoms with Crippen LogP contribution in [0, 0.1) is 16.7 Å². The SMILES string of the molecule is CBCC(C)(C)OC(=O)C(CC(C)(C)C)C(C)(C)C. The molecule has 0 radical (unpaired) electrons. The van der Waals surface area contributed by atoms with Crippen LogP contribution in [0.3, 0.4) is 0 Å². The molecule has 1 atom stereocenters. The van der Waals surface area contributed by atoms with Gasteiger partial charge in [0, 0.05) is 0 Å². The normalized spacial score (nSPS) is 15.0. The van der Waals surface area contributed by atoms with Gasteiger partial charge in [-0.2, -0.15) is 0 Å². The predicted octanol–water partition coefficient (Wildman–Crippen LogP) is 4.31. The van der Waals surface area contributed by atoms with Gasteiger partial charge in [0.2, 0.25) is 0 Å². The minimum Gasteiger partial charge on any atom is -0.460 e. The quantitative estimate of drug-likeness (QED) is 0.548. The molecule has 0 heterocycles. The monoisotopic (exact) mass is 268 g/mol. The number of hydrogen-bond donors (Lipinski definition) is 0. The number of carbonyl (C=O) groups is 1. The molecule has 0 aromatic carbocycles. The summed E-state index contributed by atoms with van der Waals surface area (Å²) in [6, 6.07) is 0. The van der Waals surface area contributed by atoms with Crippen LogP contribution in [0.1, 0.15) is 61.8 Å². The number of hydrogen-bond acceptors (Lipinski definition) is 2. The van der Waals surface area contributed by atoms with Gasteiger partial charge < -0.3 is 4.74 Å². The fraction of sp³-hybridized carbons (Fsp3) is 0.938. The highest BCUT2D eigenvalue weighted by Gasteiger charge is 2.37. The van der Waals surface area contributed by atoms with Crippen LogP contribution in [-0.4, -0.2) is 18.8 Å². The minimum absolute atomic E-state index is 0.0409. The number of carbonyl (C=O) groups excluding carboxylic acids is 1. The Morgan fingerprint density at radius 2 is 1.53 bits per heavy atom. The van der Waals surface area contributed by atoms with Crippen LogP contribution in [0.5, 0.6) is 0 Å². The summed E-state index contributed by atoms with van der Waals surface area (Å²) in [7, 11) is 1.03. The van der Waals surface area contributed by atoms with Crippen molar-refractivity contribution in [3.05, 3.63) is 0 Å². The zero-order valence-corrected chi connectivity index (χ0v) is 14.5. The summed E-state index contributed by atoms with van der Waals surface area (Å²) in [5.74, 6) is -0.0930. The van der Waals surface area contributed by atoms with Crippen molar-refractivity contribution in [2.45, 2.75) is 80.6 Å². The van der Waals surface area contributed by atoms with Gasteiger partial charge in [-0.3, -0.25) is 4.79 Å². The third kappa shape index (κ3) is 7.64. The van der Waals surface area contributed by atoms with Crippen molar-refractivity contribution < 1.29 is 9.53 Å². The Morgan fingerprint density at radius 1 is 1.05 bits per heavy atom. The van der Waals surface area contributed by atoms with Crippen LogP contribution in [-0.2, 0) is 9.53 Å². The van der Waals surface area contributed by atoms with Gasteiger partial charge >= 0.3 is 5.97 Å². The zero-order chi connectivity index (χ0) is 15.5. The highest BCUT2D eigenvalue weighted by atomic mass is 16.6. The molecule has 19 heavy (non-hydrogen) atoms. The Kier molecular flexibility index (Phi) is 6.17. The maximum absolute atomic E-state index is 12.5. The van der Waals surface area contributed by atoms with Crippen LogP contribution in [0.4, 0.5) is 0 Å². The fourth-order valence-electron chi connectivity index (χ4n) is 2.35. The standard InChI is InChI=1S/C16H33BO2/c1-14(2,3)10-12(15(4,5)6)13(18)19-16(7,8)11-17-9/h12,17H,10-11H2,1-9H3. The number of esters is 1. The summed E-state index contributed by atoms with van der Waals surface area (Å²) in [5, 5.41) is 0. The van der Waals surface area contributed by atoms with Crippen LogP contribution >= 0.6 is 0 Å². The summed E-state index contributed by atoms with van der Waals surface area (Å²) in [6.45, 7) is 19.0. The smallest absolute Gasteiger partial charge is 0.309 e. The molecule has 0 rings (SSSR count). The highest BCUT2D eigenvalue weighted by molar-refractivity contribution is 6.33. The molecule has 0 bridgehead atoms. The minimum atomic E-state index is -0.354. The fourth-order valence-corrected chi connectivity index (χ4v) is 2.35. The van der Waals surface area contributed by atoms with E-state index in [0.29, 0.717) is 0 Å². The second-order valence-corrected chi connectivity index (χ2v) is 8.61. The summed E-state index contributed by atoms with van der Waals surface area (Å²) in [5.41, 5.74) is -0.286. The highest BCUT2D eigenvalue weighted by Crippen LogP contribution is 2.37. The second kappa shape index (κ2) is 6.32. The van der Waals surface area contributed by atoms with E-state index in [-0.39, 0.29) is 28.3 Å². The molecule has 0 spiro atoms. The Morgan fingerprint density at radius 3 is 1.84 bits per heavy atom. The van der Waals surface area contributed by atoms with E-state index in [2.05, 4.69) is 48.4 Å². The molecule has 0 fully saturated rings. The van der Waals surface area contributed by atoms with Crippen molar-refractivity contribution in [1.82, 2.24) is 0 Å². The molecular weight excluding hydrogens is 235 g/mol. The first-order valence-corrected chi connectivity index (χ1v) is 7.51. The largest absolute Gasteiger partial charge is 0.460 e. The molecule has 0 saturated heterocycles. The van der Waals surface area contributed by atoms with E-state index in [1.807, 2.05) is 13.8 Å². The first kappa shape index (κ1) is 18.5. The Hall–Kier alpha value is -0.465. The average Bonchev–Trinajstić information content (AvgIpc) is 2.09. The van der Waals surface area contributed by atoms with Crippen molar-refractivity contribution in [1.29, 1.82) is 0 Å². The molecule has 0 aliphatic heterocycles. The van der Waals surface area contributed by atoms with Crippen LogP contribution in [0.15, 0.2) is 0 Å². The summed E-state index contributed by atoms with van der Waals surface area (Å²) in [4.78, 5) is 12.5. The lowest BCUT2D eigenvalue weighted by molar-refractivity contribution is -0.165. The van der Waals surface area contributed by atoms with E-state index in [0.717, 1.165) is 20.0 Å². The van der Waals surface area contributed by atoms with Crippen molar-refractivity contribution >= 4 is 13.2 Å². The molecule has 3 heteroatoms. The third-order valence-electron chi connectivity index (χ3n) is 3.38. The van der Waals surface area contributed by atoms with Gasteiger partial charge in [-0.1, -0.05) is 48.4 Å². The lowest BCUT2D eigenvalue weighted by Crippen LogP contribution is -2.38. The van der Waals surface area contributed by atoms with Crippen LogP contribution in [0.25, 0.3) is 0 Å². The maximum Gasteiger partial charge on any atom is 0.309 e. The zero-order valence-electron chi connectivity index (χ0n) is 14.5. The molecule has 2 nitrogen and oxygen atoms in total. The van der Waals surface area contributed by atoms with E-state index in [1.54, 1.807) is 0 Å². The lowest BCUT2D eigenvalue weighted by Gasteiger charge is -2.36. The van der Waals surface area contributed by atoms with Gasteiger partial charge in [0.15, 0.2) is 0 Å². The second-order valence-electron chi connectivity index (χ2n) is 8.61. The van der Waals surface area contributed by atoms with Gasteiger partial charge in [0.25, 0.3) is 0 Å². The van der Waals surface area contributed by atoms with Crippen molar-refractivity contribution in [2.75, 3.05) is 0 Å². The Bertz CT molecular complexity index is 295. The average molecular weight is 268 g/mol. The van der Waals surface area contributed by atoms with E-state index in [9.17, 15) is 4.79 Å². The van der Waals surface area contributed by atoms with Crippen molar-refractivity contribution in [2.24, 2.45) is 16.7 Å². The molecule has 0 aliphatic rings. The van der Waals surface area contributed by atoms with Gasteiger partial charge in [0.05, 0.1) is 11.5 Å². The third-order valence-corrected chi connectivity index (χ3v) is 3.38. The van der Waals surface area contributed by atoms with Gasteiger partial charge in [-0.25, -0.2) is 0 Å². The first-order valence-electron chi connectivity index (χ1n) is 7.51. The molecule has 0 N–H and O–H groups in total. The summed E-state index contributed by atoms with van der Waals surface area (Å²) in [6.07, 6.45) is 1.77. The molecule has 0 aromatic heterocycles. The van der Waals surface area contributed by atoms with Crippen molar-refractivity contribution in [3.8, 4) is 0 Å². The van der Waals surface area contributed by atoms with Gasteiger partial charge in [-0.15, -0.1) is 0 Å². The van der Waals surface area contributed by atoms with Gasteiger partial charge in [0.1, 0.15) is 7.28 Å².